The zero-order chi connectivity index (χ0) is 11.1. The summed E-state index contributed by atoms with van der Waals surface area (Å²) in [6.07, 6.45) is 9.66. The SMILES string of the molecule is C=CCCCCCC(N)c1ccn(C)n1. The predicted molar refractivity (Wildman–Crippen MR) is 63.4 cm³/mol. The number of allylic oxidation sites excluding steroid dienone is 1. The molecule has 2 N–H and O–H groups in total. The molecule has 0 bridgehead atoms. The molecule has 1 rings (SSSR count). The van der Waals surface area contributed by atoms with Gasteiger partial charge in [-0.05, 0) is 25.3 Å². The van der Waals surface area contributed by atoms with Crippen LogP contribution in [0, 0.1) is 0 Å². The molecule has 0 radical (unpaired) electrons. The number of hydrogen-bond acceptors (Lipinski definition) is 2. The van der Waals surface area contributed by atoms with E-state index >= 15 is 0 Å². The lowest BCUT2D eigenvalue weighted by molar-refractivity contribution is 0.555. The van der Waals surface area contributed by atoms with E-state index in [1.807, 2.05) is 25.4 Å². The molecule has 0 spiro atoms. The van der Waals surface area contributed by atoms with Crippen LogP contribution in [0.2, 0.25) is 0 Å². The van der Waals surface area contributed by atoms with E-state index in [-0.39, 0.29) is 6.04 Å². The molecular weight excluding hydrogens is 186 g/mol. The largest absolute Gasteiger partial charge is 0.323 e. The van der Waals surface area contributed by atoms with E-state index in [9.17, 15) is 0 Å². The van der Waals surface area contributed by atoms with Crippen molar-refractivity contribution in [2.45, 2.75) is 38.1 Å². The molecule has 0 aliphatic heterocycles. The molecule has 1 heterocycles. The summed E-state index contributed by atoms with van der Waals surface area (Å²) < 4.78 is 1.80. The van der Waals surface area contributed by atoms with Crippen molar-refractivity contribution in [3.63, 3.8) is 0 Å². The third-order valence-corrected chi connectivity index (χ3v) is 2.54. The molecule has 0 saturated heterocycles. The fraction of sp³-hybridized carbons (Fsp3) is 0.583. The first kappa shape index (κ1) is 12.0. The Kier molecular flexibility index (Phi) is 5.12. The number of nitrogens with two attached hydrogens (primary N) is 1. The highest BCUT2D eigenvalue weighted by molar-refractivity contribution is 5.04. The highest BCUT2D eigenvalue weighted by Crippen LogP contribution is 2.15. The van der Waals surface area contributed by atoms with Gasteiger partial charge in [-0.25, -0.2) is 0 Å². The number of nitrogens with zero attached hydrogens (tertiary/aromatic N) is 2. The molecule has 0 fully saturated rings. The maximum Gasteiger partial charge on any atom is 0.0791 e. The summed E-state index contributed by atoms with van der Waals surface area (Å²) in [6, 6.07) is 2.09. The monoisotopic (exact) mass is 207 g/mol. The Morgan fingerprint density at radius 2 is 2.33 bits per heavy atom. The van der Waals surface area contributed by atoms with Crippen LogP contribution in [0.25, 0.3) is 0 Å². The number of rotatable bonds is 7. The van der Waals surface area contributed by atoms with Crippen LogP contribution in [0.4, 0.5) is 0 Å². The molecule has 15 heavy (non-hydrogen) atoms. The summed E-state index contributed by atoms with van der Waals surface area (Å²) in [6.45, 7) is 3.71. The second-order valence-corrected chi connectivity index (χ2v) is 3.95. The Morgan fingerprint density at radius 3 is 2.93 bits per heavy atom. The van der Waals surface area contributed by atoms with Crippen LogP contribution in [-0.4, -0.2) is 9.78 Å². The zero-order valence-corrected chi connectivity index (χ0v) is 9.52. The second-order valence-electron chi connectivity index (χ2n) is 3.95. The molecule has 0 aromatic carbocycles. The first-order valence-corrected chi connectivity index (χ1v) is 5.60. The first-order chi connectivity index (χ1) is 7.24. The van der Waals surface area contributed by atoms with E-state index in [1.165, 1.54) is 19.3 Å². The van der Waals surface area contributed by atoms with Gasteiger partial charge >= 0.3 is 0 Å². The average molecular weight is 207 g/mol. The Morgan fingerprint density at radius 1 is 1.53 bits per heavy atom. The maximum absolute atomic E-state index is 6.03. The van der Waals surface area contributed by atoms with Crippen LogP contribution in [0.5, 0.6) is 0 Å². The molecule has 1 unspecified atom stereocenters. The van der Waals surface area contributed by atoms with Crippen molar-refractivity contribution in [2.24, 2.45) is 12.8 Å². The van der Waals surface area contributed by atoms with E-state index < -0.39 is 0 Å². The van der Waals surface area contributed by atoms with Gasteiger partial charge in [-0.2, -0.15) is 5.10 Å². The van der Waals surface area contributed by atoms with Crippen LogP contribution >= 0.6 is 0 Å². The van der Waals surface area contributed by atoms with E-state index in [1.54, 1.807) is 4.68 Å². The van der Waals surface area contributed by atoms with E-state index in [4.69, 9.17) is 5.73 Å². The lowest BCUT2D eigenvalue weighted by Gasteiger charge is -2.07. The van der Waals surface area contributed by atoms with Crippen molar-refractivity contribution >= 4 is 0 Å². The van der Waals surface area contributed by atoms with Crippen molar-refractivity contribution in [3.05, 3.63) is 30.6 Å². The molecule has 1 atom stereocenters. The molecular formula is C12H21N3. The van der Waals surface area contributed by atoms with Crippen LogP contribution in [0.15, 0.2) is 24.9 Å². The van der Waals surface area contributed by atoms with Gasteiger partial charge in [-0.1, -0.05) is 18.9 Å². The Labute approximate surface area is 92.0 Å². The minimum absolute atomic E-state index is 0.0925. The van der Waals surface area contributed by atoms with Crippen molar-refractivity contribution in [3.8, 4) is 0 Å². The van der Waals surface area contributed by atoms with E-state index in [0.717, 1.165) is 18.5 Å². The van der Waals surface area contributed by atoms with Gasteiger partial charge in [-0.15, -0.1) is 6.58 Å². The first-order valence-electron chi connectivity index (χ1n) is 5.60. The smallest absolute Gasteiger partial charge is 0.0791 e. The lowest BCUT2D eigenvalue weighted by Crippen LogP contribution is -2.11. The van der Waals surface area contributed by atoms with Gasteiger partial charge in [0.2, 0.25) is 0 Å². The highest BCUT2D eigenvalue weighted by atomic mass is 15.3. The molecule has 1 aromatic rings. The molecule has 0 saturated carbocycles. The summed E-state index contributed by atoms with van der Waals surface area (Å²) in [5.74, 6) is 0. The Bertz CT molecular complexity index is 291. The summed E-state index contributed by atoms with van der Waals surface area (Å²) in [4.78, 5) is 0. The topological polar surface area (TPSA) is 43.8 Å². The number of aryl methyl sites for hydroxylation is 1. The summed E-state index contributed by atoms with van der Waals surface area (Å²) in [5.41, 5.74) is 7.03. The quantitative estimate of drug-likeness (QED) is 0.551. The van der Waals surface area contributed by atoms with Crippen LogP contribution in [-0.2, 0) is 7.05 Å². The van der Waals surface area contributed by atoms with Gasteiger partial charge in [0.1, 0.15) is 0 Å². The minimum Gasteiger partial charge on any atom is -0.323 e. The fourth-order valence-corrected chi connectivity index (χ4v) is 1.61. The van der Waals surface area contributed by atoms with Gasteiger partial charge in [0.25, 0.3) is 0 Å². The average Bonchev–Trinajstić information content (AvgIpc) is 2.64. The van der Waals surface area contributed by atoms with Crippen LogP contribution in [0.1, 0.15) is 43.8 Å². The van der Waals surface area contributed by atoms with Gasteiger partial charge in [0.15, 0.2) is 0 Å². The van der Waals surface area contributed by atoms with Crippen molar-refractivity contribution in [2.75, 3.05) is 0 Å². The van der Waals surface area contributed by atoms with Gasteiger partial charge in [0, 0.05) is 19.3 Å². The Balaban J connectivity index is 2.18. The highest BCUT2D eigenvalue weighted by Gasteiger charge is 2.07. The summed E-state index contributed by atoms with van der Waals surface area (Å²) in [5, 5.41) is 4.30. The van der Waals surface area contributed by atoms with Crippen LogP contribution in [0.3, 0.4) is 0 Å². The third-order valence-electron chi connectivity index (χ3n) is 2.54. The van der Waals surface area contributed by atoms with Crippen molar-refractivity contribution < 1.29 is 0 Å². The second kappa shape index (κ2) is 6.40. The van der Waals surface area contributed by atoms with Gasteiger partial charge in [-0.3, -0.25) is 4.68 Å². The van der Waals surface area contributed by atoms with Crippen LogP contribution < -0.4 is 5.73 Å². The van der Waals surface area contributed by atoms with E-state index in [2.05, 4.69) is 11.7 Å². The predicted octanol–water partition coefficient (Wildman–Crippen LogP) is 2.56. The van der Waals surface area contributed by atoms with Crippen molar-refractivity contribution in [1.82, 2.24) is 9.78 Å². The third kappa shape index (κ3) is 4.30. The molecule has 3 heteroatoms. The van der Waals surface area contributed by atoms with Gasteiger partial charge in [0.05, 0.1) is 5.69 Å². The lowest BCUT2D eigenvalue weighted by atomic mass is 10.1. The molecule has 84 valence electrons. The fourth-order valence-electron chi connectivity index (χ4n) is 1.61. The molecule has 3 nitrogen and oxygen atoms in total. The summed E-state index contributed by atoms with van der Waals surface area (Å²) in [7, 11) is 1.92. The van der Waals surface area contributed by atoms with E-state index in [0.29, 0.717) is 0 Å². The van der Waals surface area contributed by atoms with Crippen molar-refractivity contribution in [1.29, 1.82) is 0 Å². The molecule has 0 aliphatic rings. The number of aromatic nitrogens is 2. The number of hydrogen-bond donors (Lipinski definition) is 1. The standard InChI is InChI=1S/C12H21N3/c1-3-4-5-6-7-8-11(13)12-9-10-15(2)14-12/h3,9-11H,1,4-8,13H2,2H3. The summed E-state index contributed by atoms with van der Waals surface area (Å²) >= 11 is 0. The van der Waals surface area contributed by atoms with Gasteiger partial charge < -0.3 is 5.73 Å². The maximum atomic E-state index is 6.03. The zero-order valence-electron chi connectivity index (χ0n) is 9.52. The Hall–Kier alpha value is -1.09. The minimum atomic E-state index is 0.0925. The molecule has 1 aromatic heterocycles. The molecule has 0 aliphatic carbocycles. The molecule has 0 amide bonds. The normalized spacial score (nSPS) is 12.7. The number of unbranched alkanes of at least 4 members (excludes halogenated alkanes) is 3.